The van der Waals surface area contributed by atoms with Gasteiger partial charge in [0.05, 0.1) is 25.2 Å². The molecule has 3 aliphatic rings. The Labute approximate surface area is 229 Å². The fourth-order valence-electron chi connectivity index (χ4n) is 4.71. The molecular weight excluding hydrogens is 766 g/mol. The van der Waals surface area contributed by atoms with Crippen molar-refractivity contribution in [1.82, 2.24) is 5.01 Å². The number of carbonyl (C=O) groups excluding carboxylic acids is 2. The minimum Gasteiger partial charge on any atom is -0.487 e. The van der Waals surface area contributed by atoms with Crippen LogP contribution in [0.2, 0.25) is 0 Å². The van der Waals surface area contributed by atoms with E-state index in [2.05, 4.69) is 94.3 Å². The van der Waals surface area contributed by atoms with E-state index in [9.17, 15) is 9.59 Å². The highest BCUT2D eigenvalue weighted by Crippen LogP contribution is 2.52. The van der Waals surface area contributed by atoms with E-state index in [1.165, 1.54) is 0 Å². The second-order valence-electron chi connectivity index (χ2n) is 8.07. The SMILES string of the molecule is O=C1[C@@H]2[C@H](C(=O)N1N=Cc1cc(I)c(OCc3ccc(Br)cc3Br)c(I)c1)[C@H]1C=C[C@H]2C1. The van der Waals surface area contributed by atoms with Crippen LogP contribution in [0.25, 0.3) is 0 Å². The lowest BCUT2D eigenvalue weighted by Crippen LogP contribution is -2.28. The van der Waals surface area contributed by atoms with Crippen molar-refractivity contribution in [2.45, 2.75) is 13.0 Å². The first-order chi connectivity index (χ1) is 15.3. The standard InChI is InChI=1S/C23H16Br2I2N2O3/c24-15-4-3-14(16(25)8-15)10-32-21-17(26)5-11(6-18(21)27)9-28-29-22(30)19-12-1-2-13(7-12)20(19)23(29)31/h1-6,8-9,12-13,19-20H,7,10H2/t12-,13-,19-,20+/m0/s1. The maximum Gasteiger partial charge on any atom is 0.254 e. The smallest absolute Gasteiger partial charge is 0.254 e. The number of fused-ring (bicyclic) bond motifs is 5. The van der Waals surface area contributed by atoms with Gasteiger partial charge in [-0.3, -0.25) is 9.59 Å². The van der Waals surface area contributed by atoms with Crippen LogP contribution in [0.4, 0.5) is 0 Å². The number of hydrogen-bond donors (Lipinski definition) is 0. The van der Waals surface area contributed by atoms with E-state index in [4.69, 9.17) is 4.74 Å². The minimum absolute atomic E-state index is 0.169. The van der Waals surface area contributed by atoms with Gasteiger partial charge < -0.3 is 4.74 Å². The summed E-state index contributed by atoms with van der Waals surface area (Å²) in [6.07, 6.45) is 6.67. The molecule has 2 aromatic rings. The molecule has 0 aromatic heterocycles. The summed E-state index contributed by atoms with van der Waals surface area (Å²) in [4.78, 5) is 25.6. The summed E-state index contributed by atoms with van der Waals surface area (Å²) in [5.41, 5.74) is 1.86. The maximum absolute atomic E-state index is 12.8. The first kappa shape index (κ1) is 23.0. The number of carbonyl (C=O) groups is 2. The van der Waals surface area contributed by atoms with E-state index >= 15 is 0 Å². The number of imide groups is 1. The zero-order valence-corrected chi connectivity index (χ0v) is 24.0. The zero-order chi connectivity index (χ0) is 22.6. The Morgan fingerprint density at radius 3 is 2.25 bits per heavy atom. The highest BCUT2D eigenvalue weighted by molar-refractivity contribution is 14.1. The topological polar surface area (TPSA) is 59.0 Å². The molecule has 1 heterocycles. The summed E-state index contributed by atoms with van der Waals surface area (Å²) in [5, 5.41) is 5.36. The fourth-order valence-corrected chi connectivity index (χ4v) is 7.99. The van der Waals surface area contributed by atoms with Crippen molar-refractivity contribution in [1.29, 1.82) is 0 Å². The molecule has 0 unspecified atom stereocenters. The lowest BCUT2D eigenvalue weighted by molar-refractivity contribution is -0.140. The molecule has 9 heteroatoms. The van der Waals surface area contributed by atoms with Crippen LogP contribution in [0, 0.1) is 30.8 Å². The van der Waals surface area contributed by atoms with Crippen LogP contribution >= 0.6 is 77.0 Å². The first-order valence-electron chi connectivity index (χ1n) is 9.99. The van der Waals surface area contributed by atoms with Crippen LogP contribution in [0.15, 0.2) is 56.5 Å². The summed E-state index contributed by atoms with van der Waals surface area (Å²) in [7, 11) is 0. The number of hydrazone groups is 1. The van der Waals surface area contributed by atoms with E-state index < -0.39 is 0 Å². The van der Waals surface area contributed by atoms with Gasteiger partial charge in [0.15, 0.2) is 0 Å². The van der Waals surface area contributed by atoms with Gasteiger partial charge in [-0.1, -0.05) is 50.1 Å². The first-order valence-corrected chi connectivity index (χ1v) is 13.7. The summed E-state index contributed by atoms with van der Waals surface area (Å²) >= 11 is 11.5. The highest BCUT2D eigenvalue weighted by atomic mass is 127. The summed E-state index contributed by atoms with van der Waals surface area (Å²) in [6.45, 7) is 0.434. The van der Waals surface area contributed by atoms with Gasteiger partial charge in [0.1, 0.15) is 12.4 Å². The number of rotatable bonds is 5. The van der Waals surface area contributed by atoms with E-state index in [1.54, 1.807) is 6.21 Å². The Bertz CT molecular complexity index is 1150. The van der Waals surface area contributed by atoms with Crippen molar-refractivity contribution < 1.29 is 14.3 Å². The molecule has 2 aliphatic carbocycles. The number of benzene rings is 2. The number of halogens is 4. The number of ether oxygens (including phenoxy) is 1. The number of hydrogen-bond acceptors (Lipinski definition) is 4. The molecule has 0 spiro atoms. The molecule has 1 saturated carbocycles. The van der Waals surface area contributed by atoms with Crippen molar-refractivity contribution >= 4 is 95.1 Å². The molecule has 2 bridgehead atoms. The van der Waals surface area contributed by atoms with Crippen LogP contribution in [0.5, 0.6) is 5.75 Å². The quantitative estimate of drug-likeness (QED) is 0.159. The van der Waals surface area contributed by atoms with Gasteiger partial charge in [0.2, 0.25) is 0 Å². The average molecular weight is 782 g/mol. The van der Waals surface area contributed by atoms with Crippen LogP contribution < -0.4 is 4.74 Å². The molecule has 32 heavy (non-hydrogen) atoms. The Balaban J connectivity index is 1.31. The van der Waals surface area contributed by atoms with Gasteiger partial charge in [-0.25, -0.2) is 0 Å². The van der Waals surface area contributed by atoms with E-state index in [0.717, 1.165) is 44.4 Å². The molecule has 5 nitrogen and oxygen atoms in total. The lowest BCUT2D eigenvalue weighted by atomic mass is 9.85. The number of amides is 2. The van der Waals surface area contributed by atoms with Crippen molar-refractivity contribution in [3.63, 3.8) is 0 Å². The van der Waals surface area contributed by atoms with Crippen molar-refractivity contribution in [2.24, 2.45) is 28.8 Å². The van der Waals surface area contributed by atoms with Crippen LogP contribution in [-0.2, 0) is 16.2 Å². The Morgan fingerprint density at radius 2 is 1.66 bits per heavy atom. The van der Waals surface area contributed by atoms with Crippen molar-refractivity contribution in [2.75, 3.05) is 0 Å². The molecule has 5 rings (SSSR count). The molecule has 4 atom stereocenters. The van der Waals surface area contributed by atoms with Gasteiger partial charge in [0.25, 0.3) is 11.8 Å². The molecular formula is C23H16Br2I2N2O3. The lowest BCUT2D eigenvalue weighted by Gasteiger charge is -2.13. The number of nitrogens with zero attached hydrogens (tertiary/aromatic N) is 2. The molecule has 0 radical (unpaired) electrons. The van der Waals surface area contributed by atoms with Crippen molar-refractivity contribution in [3.05, 3.63) is 69.7 Å². The monoisotopic (exact) mass is 780 g/mol. The molecule has 1 aliphatic heterocycles. The normalized spacial score (nSPS) is 25.9. The van der Waals surface area contributed by atoms with E-state index in [-0.39, 0.29) is 35.5 Å². The highest BCUT2D eigenvalue weighted by Gasteiger charge is 2.59. The Hall–Kier alpha value is -0.790. The van der Waals surface area contributed by atoms with Crippen molar-refractivity contribution in [3.8, 4) is 5.75 Å². The fraction of sp³-hybridized carbons (Fsp3) is 0.261. The molecule has 164 valence electrons. The molecule has 2 fully saturated rings. The van der Waals surface area contributed by atoms with Gasteiger partial charge in [-0.2, -0.15) is 10.1 Å². The Kier molecular flexibility index (Phi) is 6.54. The Morgan fingerprint density at radius 1 is 1.03 bits per heavy atom. The second kappa shape index (κ2) is 9.10. The van der Waals surface area contributed by atoms with Gasteiger partial charge in [-0.15, -0.1) is 0 Å². The van der Waals surface area contributed by atoms with Crippen LogP contribution in [-0.4, -0.2) is 23.0 Å². The second-order valence-corrected chi connectivity index (χ2v) is 12.2. The largest absolute Gasteiger partial charge is 0.487 e. The molecule has 0 N–H and O–H groups in total. The third kappa shape index (κ3) is 4.11. The zero-order valence-electron chi connectivity index (χ0n) is 16.5. The summed E-state index contributed by atoms with van der Waals surface area (Å²) in [6, 6.07) is 9.86. The average Bonchev–Trinajstić information content (AvgIpc) is 3.42. The summed E-state index contributed by atoms with van der Waals surface area (Å²) < 4.78 is 9.94. The van der Waals surface area contributed by atoms with Crippen LogP contribution in [0.1, 0.15) is 17.5 Å². The summed E-state index contributed by atoms with van der Waals surface area (Å²) in [5.74, 6) is 0.363. The van der Waals surface area contributed by atoms with E-state index in [1.807, 2.05) is 30.3 Å². The van der Waals surface area contributed by atoms with Crippen LogP contribution in [0.3, 0.4) is 0 Å². The van der Waals surface area contributed by atoms with Gasteiger partial charge >= 0.3 is 0 Å². The van der Waals surface area contributed by atoms with Gasteiger partial charge in [0, 0.05) is 14.5 Å². The predicted octanol–water partition coefficient (Wildman–Crippen LogP) is 6.14. The maximum atomic E-state index is 12.8. The van der Waals surface area contributed by atoms with Gasteiger partial charge in [-0.05, 0) is 93.3 Å². The third-order valence-electron chi connectivity index (χ3n) is 6.18. The molecule has 2 amide bonds. The third-order valence-corrected chi connectivity index (χ3v) is 9.01. The minimum atomic E-state index is -0.233. The molecule has 2 aromatic carbocycles. The van der Waals surface area contributed by atoms with E-state index in [0.29, 0.717) is 6.61 Å². The number of allylic oxidation sites excluding steroid dienone is 2. The predicted molar refractivity (Wildman–Crippen MR) is 145 cm³/mol. The molecule has 1 saturated heterocycles.